The standard InChI is InChI=1S/C28H30F2N8O4S/c1-35(18-15-41-16-18)17-5-9-36(10-6-17)24(39)14-37-13-22(33-27(40)21-12-32-38-8-2-7-31-26(21)38)25(34-37)20-11-19(43)3-4-23(20)42-28(29)30/h2-4,7-8,11-13,17-18,28,43H,5-6,9-10,14-16H2,1H3,(H,33,40). The number of hydrogen-bond donors (Lipinski definition) is 2. The van der Waals surface area contributed by atoms with E-state index in [0.717, 1.165) is 26.1 Å². The zero-order chi connectivity index (χ0) is 30.1. The summed E-state index contributed by atoms with van der Waals surface area (Å²) in [7, 11) is 2.10. The summed E-state index contributed by atoms with van der Waals surface area (Å²) in [6.07, 6.45) is 7.77. The molecule has 0 saturated carbocycles. The third-order valence-corrected chi connectivity index (χ3v) is 8.13. The van der Waals surface area contributed by atoms with Crippen molar-refractivity contribution in [3.05, 3.63) is 54.6 Å². The first-order valence-electron chi connectivity index (χ1n) is 13.8. The average Bonchev–Trinajstić information content (AvgIpc) is 3.57. The number of halogens is 2. The Balaban J connectivity index is 1.25. The van der Waals surface area contributed by atoms with Crippen LogP contribution in [0.15, 0.2) is 53.9 Å². The Morgan fingerprint density at radius 3 is 2.74 bits per heavy atom. The Bertz CT molecular complexity index is 1630. The van der Waals surface area contributed by atoms with Crippen LogP contribution in [0, 0.1) is 0 Å². The van der Waals surface area contributed by atoms with E-state index in [-0.39, 0.29) is 40.7 Å². The van der Waals surface area contributed by atoms with Gasteiger partial charge in [0, 0.05) is 48.2 Å². The molecule has 0 atom stereocenters. The van der Waals surface area contributed by atoms with Crippen LogP contribution in [0.25, 0.3) is 16.9 Å². The van der Waals surface area contributed by atoms with Crippen molar-refractivity contribution in [2.24, 2.45) is 0 Å². The molecule has 3 aromatic heterocycles. The molecule has 2 fully saturated rings. The lowest BCUT2D eigenvalue weighted by Gasteiger charge is -2.43. The molecular formula is C28H30F2N8O4S. The summed E-state index contributed by atoms with van der Waals surface area (Å²) in [5, 5.41) is 11.5. The highest BCUT2D eigenvalue weighted by molar-refractivity contribution is 7.80. The molecule has 6 rings (SSSR count). The van der Waals surface area contributed by atoms with Crippen molar-refractivity contribution < 1.29 is 27.8 Å². The predicted octanol–water partition coefficient (Wildman–Crippen LogP) is 3.06. The molecule has 15 heteroatoms. The molecule has 1 N–H and O–H groups in total. The zero-order valence-corrected chi connectivity index (χ0v) is 24.2. The van der Waals surface area contributed by atoms with Gasteiger partial charge < -0.3 is 19.7 Å². The number of benzene rings is 1. The van der Waals surface area contributed by atoms with Crippen LogP contribution in [0.4, 0.5) is 14.5 Å². The van der Waals surface area contributed by atoms with Crippen molar-refractivity contribution in [2.75, 3.05) is 38.7 Å². The van der Waals surface area contributed by atoms with Gasteiger partial charge in [-0.15, -0.1) is 12.6 Å². The highest BCUT2D eigenvalue weighted by Gasteiger charge is 2.32. The van der Waals surface area contributed by atoms with Crippen LogP contribution in [0.2, 0.25) is 0 Å². The summed E-state index contributed by atoms with van der Waals surface area (Å²) < 4.78 is 39.5. The molecule has 2 saturated heterocycles. The molecule has 2 amide bonds. The average molecular weight is 613 g/mol. The Morgan fingerprint density at radius 2 is 2.02 bits per heavy atom. The van der Waals surface area contributed by atoms with Crippen LogP contribution in [0.3, 0.4) is 0 Å². The smallest absolute Gasteiger partial charge is 0.387 e. The predicted molar refractivity (Wildman–Crippen MR) is 154 cm³/mol. The molecule has 43 heavy (non-hydrogen) atoms. The second kappa shape index (κ2) is 12.3. The van der Waals surface area contributed by atoms with Crippen molar-refractivity contribution in [1.82, 2.24) is 34.2 Å². The number of nitrogens with one attached hydrogen (secondary N) is 1. The number of ether oxygens (including phenoxy) is 2. The molecule has 12 nitrogen and oxygen atoms in total. The molecule has 0 aliphatic carbocycles. The molecule has 226 valence electrons. The molecular weight excluding hydrogens is 582 g/mol. The number of likely N-dealkylation sites (N-methyl/N-ethyl adjacent to an activating group) is 1. The normalized spacial score (nSPS) is 16.2. The lowest BCUT2D eigenvalue weighted by atomic mass is 10.0. The number of fused-ring (bicyclic) bond motifs is 1. The molecule has 2 aliphatic heterocycles. The maximum absolute atomic E-state index is 13.3. The summed E-state index contributed by atoms with van der Waals surface area (Å²) in [5.74, 6) is -0.832. The van der Waals surface area contributed by atoms with Gasteiger partial charge in [0.25, 0.3) is 5.91 Å². The first kappa shape index (κ1) is 29.0. The second-order valence-electron chi connectivity index (χ2n) is 10.5. The van der Waals surface area contributed by atoms with E-state index >= 15 is 0 Å². The van der Waals surface area contributed by atoms with Gasteiger partial charge in [-0.1, -0.05) is 0 Å². The van der Waals surface area contributed by atoms with Crippen LogP contribution in [-0.4, -0.2) is 98.0 Å². The van der Waals surface area contributed by atoms with Crippen LogP contribution in [0.5, 0.6) is 5.75 Å². The molecule has 0 spiro atoms. The molecule has 0 unspecified atom stereocenters. The van der Waals surface area contributed by atoms with Gasteiger partial charge in [0.05, 0.1) is 31.1 Å². The fourth-order valence-electron chi connectivity index (χ4n) is 5.39. The third-order valence-electron chi connectivity index (χ3n) is 7.85. The summed E-state index contributed by atoms with van der Waals surface area (Å²) in [6.45, 7) is -0.503. The molecule has 4 aromatic rings. The lowest BCUT2D eigenvalue weighted by molar-refractivity contribution is -0.134. The van der Waals surface area contributed by atoms with Crippen molar-refractivity contribution in [3.63, 3.8) is 0 Å². The molecule has 0 radical (unpaired) electrons. The van der Waals surface area contributed by atoms with Crippen LogP contribution in [-0.2, 0) is 16.1 Å². The SMILES string of the molecule is CN(C1CCN(C(=O)Cn2cc(NC(=O)c3cnn4cccnc34)c(-c3cc(S)ccc3OC(F)F)n2)CC1)C1COC1. The Hall–Kier alpha value is -4.08. The van der Waals surface area contributed by atoms with E-state index in [4.69, 9.17) is 9.47 Å². The Morgan fingerprint density at radius 1 is 1.23 bits per heavy atom. The van der Waals surface area contributed by atoms with Crippen LogP contribution >= 0.6 is 12.6 Å². The van der Waals surface area contributed by atoms with Crippen molar-refractivity contribution >= 4 is 35.8 Å². The number of carbonyl (C=O) groups excluding carboxylic acids is 2. The number of anilines is 1. The van der Waals surface area contributed by atoms with Gasteiger partial charge >= 0.3 is 6.61 Å². The molecule has 1 aromatic carbocycles. The van der Waals surface area contributed by atoms with Crippen molar-refractivity contribution in [3.8, 4) is 17.0 Å². The summed E-state index contributed by atoms with van der Waals surface area (Å²) in [4.78, 5) is 35.5. The van der Waals surface area contributed by atoms with Gasteiger partial charge in [-0.05, 0) is 44.2 Å². The molecule has 0 bridgehead atoms. The van der Waals surface area contributed by atoms with E-state index < -0.39 is 12.5 Å². The van der Waals surface area contributed by atoms with E-state index in [1.54, 1.807) is 17.2 Å². The maximum atomic E-state index is 13.3. The van der Waals surface area contributed by atoms with Gasteiger partial charge in [0.1, 0.15) is 23.6 Å². The highest BCUT2D eigenvalue weighted by Crippen LogP contribution is 2.37. The highest BCUT2D eigenvalue weighted by atomic mass is 32.1. The van der Waals surface area contributed by atoms with E-state index in [1.165, 1.54) is 46.0 Å². The summed E-state index contributed by atoms with van der Waals surface area (Å²) >= 11 is 4.36. The quantitative estimate of drug-likeness (QED) is 0.277. The number of piperidine rings is 1. The zero-order valence-electron chi connectivity index (χ0n) is 23.3. The van der Waals surface area contributed by atoms with Crippen molar-refractivity contribution in [1.29, 1.82) is 0 Å². The van der Waals surface area contributed by atoms with E-state index in [0.29, 0.717) is 35.7 Å². The molecule has 5 heterocycles. The number of thiol groups is 1. The van der Waals surface area contributed by atoms with Crippen LogP contribution < -0.4 is 10.1 Å². The Kier molecular flexibility index (Phi) is 8.27. The number of amides is 2. The minimum Gasteiger partial charge on any atom is -0.434 e. The monoisotopic (exact) mass is 612 g/mol. The number of nitrogens with zero attached hydrogens (tertiary/aromatic N) is 7. The van der Waals surface area contributed by atoms with Gasteiger partial charge in [-0.25, -0.2) is 9.50 Å². The number of hydrogen-bond acceptors (Lipinski definition) is 9. The van der Waals surface area contributed by atoms with Gasteiger partial charge in [-0.2, -0.15) is 19.0 Å². The number of carbonyl (C=O) groups is 2. The third kappa shape index (κ3) is 6.19. The minimum absolute atomic E-state index is 0.107. The summed E-state index contributed by atoms with van der Waals surface area (Å²) in [5.41, 5.74) is 1.04. The first-order chi connectivity index (χ1) is 20.8. The number of rotatable bonds is 9. The largest absolute Gasteiger partial charge is 0.434 e. The maximum Gasteiger partial charge on any atom is 0.387 e. The fraction of sp³-hybridized carbons (Fsp3) is 0.393. The lowest BCUT2D eigenvalue weighted by Crippen LogP contribution is -2.54. The van der Waals surface area contributed by atoms with E-state index in [1.807, 2.05) is 0 Å². The van der Waals surface area contributed by atoms with E-state index in [9.17, 15) is 18.4 Å². The van der Waals surface area contributed by atoms with Gasteiger partial charge in [0.2, 0.25) is 5.91 Å². The minimum atomic E-state index is -3.09. The number of alkyl halides is 2. The molecule has 2 aliphatic rings. The van der Waals surface area contributed by atoms with Gasteiger partial charge in [-0.3, -0.25) is 19.2 Å². The first-order valence-corrected chi connectivity index (χ1v) is 14.2. The fourth-order valence-corrected chi connectivity index (χ4v) is 5.59. The van der Waals surface area contributed by atoms with Crippen molar-refractivity contribution in [2.45, 2.75) is 43.0 Å². The topological polar surface area (TPSA) is 119 Å². The number of likely N-dealkylation sites (tertiary alicyclic amines) is 1. The van der Waals surface area contributed by atoms with E-state index in [2.05, 4.69) is 45.1 Å². The summed E-state index contributed by atoms with van der Waals surface area (Å²) in [6, 6.07) is 6.86. The van der Waals surface area contributed by atoms with Crippen LogP contribution in [0.1, 0.15) is 23.2 Å². The Labute approximate surface area is 251 Å². The number of aromatic nitrogens is 5. The second-order valence-corrected chi connectivity index (χ2v) is 11.0. The van der Waals surface area contributed by atoms with Gasteiger partial charge in [0.15, 0.2) is 5.65 Å².